The van der Waals surface area contributed by atoms with E-state index in [1.807, 2.05) is 11.8 Å². The second-order valence-corrected chi connectivity index (χ2v) is 3.41. The number of rotatable bonds is 4. The Labute approximate surface area is 60.3 Å². The molecule has 0 heterocycles. The van der Waals surface area contributed by atoms with E-state index in [9.17, 15) is 0 Å². The molecule has 0 aromatic carbocycles. The van der Waals surface area contributed by atoms with Crippen LogP contribution in [0.5, 0.6) is 0 Å². The molecular weight excluding hydrogens is 144 g/mol. The molecular formula is C4H10S3. The van der Waals surface area contributed by atoms with Crippen molar-refractivity contribution in [3.63, 3.8) is 0 Å². The van der Waals surface area contributed by atoms with E-state index in [0.29, 0.717) is 0 Å². The van der Waals surface area contributed by atoms with Crippen molar-refractivity contribution in [2.45, 2.75) is 6.42 Å². The standard InChI is InChI=1S/C4H10S3/c5-2-1-3-7-4-6/h5-6H,1-4H2. The Hall–Kier alpha value is 1.05. The molecule has 0 bridgehead atoms. The Morgan fingerprint density at radius 2 is 2.00 bits per heavy atom. The smallest absolute Gasteiger partial charge is 0.0361 e. The average molecular weight is 154 g/mol. The van der Waals surface area contributed by atoms with Crippen LogP contribution in [0.25, 0.3) is 0 Å². The van der Waals surface area contributed by atoms with Crippen molar-refractivity contribution in [2.75, 3.05) is 16.6 Å². The van der Waals surface area contributed by atoms with Gasteiger partial charge in [-0.2, -0.15) is 37.0 Å². The van der Waals surface area contributed by atoms with Crippen molar-refractivity contribution < 1.29 is 0 Å². The van der Waals surface area contributed by atoms with Gasteiger partial charge in [0.25, 0.3) is 0 Å². The van der Waals surface area contributed by atoms with Crippen LogP contribution in [0.3, 0.4) is 0 Å². The summed E-state index contributed by atoms with van der Waals surface area (Å²) in [5.74, 6) is 2.20. The van der Waals surface area contributed by atoms with E-state index in [1.165, 1.54) is 12.2 Å². The Morgan fingerprint density at radius 1 is 1.29 bits per heavy atom. The van der Waals surface area contributed by atoms with Crippen LogP contribution >= 0.6 is 37.0 Å². The molecule has 0 atom stereocenters. The van der Waals surface area contributed by atoms with Gasteiger partial charge in [0.2, 0.25) is 0 Å². The number of thioether (sulfide) groups is 1. The lowest BCUT2D eigenvalue weighted by Gasteiger charge is -1.90. The van der Waals surface area contributed by atoms with Crippen LogP contribution in [0, 0.1) is 0 Å². The van der Waals surface area contributed by atoms with Crippen molar-refractivity contribution >= 4 is 37.0 Å². The average Bonchev–Trinajstić information content (AvgIpc) is 1.69. The van der Waals surface area contributed by atoms with Gasteiger partial charge in [0, 0.05) is 5.08 Å². The lowest BCUT2D eigenvalue weighted by atomic mass is 10.6. The van der Waals surface area contributed by atoms with Crippen LogP contribution in [0.2, 0.25) is 0 Å². The van der Waals surface area contributed by atoms with Gasteiger partial charge >= 0.3 is 0 Å². The van der Waals surface area contributed by atoms with Crippen molar-refractivity contribution in [1.29, 1.82) is 0 Å². The Bertz CT molecular complexity index is 26.1. The zero-order valence-electron chi connectivity index (χ0n) is 4.13. The lowest BCUT2D eigenvalue weighted by molar-refractivity contribution is 1.13. The monoisotopic (exact) mass is 154 g/mol. The molecule has 0 rings (SSSR count). The van der Waals surface area contributed by atoms with E-state index in [0.717, 1.165) is 10.8 Å². The molecule has 0 aliphatic heterocycles. The second kappa shape index (κ2) is 7.05. The summed E-state index contributed by atoms with van der Waals surface area (Å²) >= 11 is 9.93. The Balaban J connectivity index is 2.45. The van der Waals surface area contributed by atoms with Crippen LogP contribution < -0.4 is 0 Å². The van der Waals surface area contributed by atoms with Crippen LogP contribution in [0.4, 0.5) is 0 Å². The van der Waals surface area contributed by atoms with E-state index in [4.69, 9.17) is 0 Å². The summed E-state index contributed by atoms with van der Waals surface area (Å²) in [6.45, 7) is 0. The van der Waals surface area contributed by atoms with Crippen molar-refractivity contribution in [1.82, 2.24) is 0 Å². The third kappa shape index (κ3) is 7.05. The normalized spacial score (nSPS) is 9.43. The van der Waals surface area contributed by atoms with Gasteiger partial charge in [0.15, 0.2) is 0 Å². The lowest BCUT2D eigenvalue weighted by Crippen LogP contribution is -1.78. The van der Waals surface area contributed by atoms with Gasteiger partial charge in [0.05, 0.1) is 0 Å². The maximum Gasteiger partial charge on any atom is 0.0361 e. The maximum absolute atomic E-state index is 4.06. The molecule has 0 aromatic heterocycles. The SMILES string of the molecule is SCCCSCS. The van der Waals surface area contributed by atoms with Gasteiger partial charge < -0.3 is 0 Å². The summed E-state index contributed by atoms with van der Waals surface area (Å²) in [5.41, 5.74) is 0. The molecule has 0 unspecified atom stereocenters. The zero-order valence-corrected chi connectivity index (χ0v) is 6.74. The molecule has 0 saturated carbocycles. The summed E-state index contributed by atoms with van der Waals surface area (Å²) < 4.78 is 0. The minimum Gasteiger partial charge on any atom is -0.179 e. The molecule has 0 aromatic rings. The van der Waals surface area contributed by atoms with E-state index in [1.54, 1.807) is 0 Å². The third-order valence-corrected chi connectivity index (χ3v) is 2.16. The first-order chi connectivity index (χ1) is 3.41. The fraction of sp³-hybridized carbons (Fsp3) is 1.00. The molecule has 0 N–H and O–H groups in total. The predicted molar refractivity (Wildman–Crippen MR) is 44.8 cm³/mol. The van der Waals surface area contributed by atoms with E-state index in [-0.39, 0.29) is 0 Å². The molecule has 0 amide bonds. The van der Waals surface area contributed by atoms with Gasteiger partial charge in [-0.3, -0.25) is 0 Å². The fourth-order valence-electron chi connectivity index (χ4n) is 0.231. The highest BCUT2D eigenvalue weighted by atomic mass is 32.2. The molecule has 44 valence electrons. The zero-order chi connectivity index (χ0) is 5.54. The maximum atomic E-state index is 4.06. The van der Waals surface area contributed by atoms with Gasteiger partial charge in [-0.05, 0) is 17.9 Å². The first kappa shape index (κ1) is 8.05. The van der Waals surface area contributed by atoms with Crippen molar-refractivity contribution in [3.05, 3.63) is 0 Å². The largest absolute Gasteiger partial charge is 0.179 e. The quantitative estimate of drug-likeness (QED) is 0.354. The fourth-order valence-corrected chi connectivity index (χ4v) is 1.47. The molecule has 0 fully saturated rings. The van der Waals surface area contributed by atoms with Gasteiger partial charge in [-0.25, -0.2) is 0 Å². The Kier molecular flexibility index (Phi) is 8.11. The minimum atomic E-state index is 0.938. The molecule has 3 heteroatoms. The molecule has 0 nitrogen and oxygen atoms in total. The summed E-state index contributed by atoms with van der Waals surface area (Å²) in [6, 6.07) is 0. The van der Waals surface area contributed by atoms with Crippen LogP contribution in [-0.4, -0.2) is 16.6 Å². The summed E-state index contributed by atoms with van der Waals surface area (Å²) in [5, 5.41) is 0.938. The molecule has 0 aliphatic carbocycles. The van der Waals surface area contributed by atoms with Crippen molar-refractivity contribution in [2.24, 2.45) is 0 Å². The van der Waals surface area contributed by atoms with Gasteiger partial charge in [-0.1, -0.05) is 0 Å². The number of thiol groups is 2. The predicted octanol–water partition coefficient (Wildman–Crippen LogP) is 1.93. The highest BCUT2D eigenvalue weighted by molar-refractivity contribution is 8.09. The highest BCUT2D eigenvalue weighted by Gasteiger charge is 1.80. The van der Waals surface area contributed by atoms with Crippen LogP contribution in [-0.2, 0) is 0 Å². The molecule has 0 aliphatic rings. The minimum absolute atomic E-state index is 0.938. The number of hydrogen-bond donors (Lipinski definition) is 2. The first-order valence-corrected chi connectivity index (χ1v) is 4.63. The second-order valence-electron chi connectivity index (χ2n) is 1.11. The highest BCUT2D eigenvalue weighted by Crippen LogP contribution is 2.03. The van der Waals surface area contributed by atoms with E-state index >= 15 is 0 Å². The molecule has 0 spiro atoms. The van der Waals surface area contributed by atoms with Gasteiger partial charge in [-0.15, -0.1) is 0 Å². The van der Waals surface area contributed by atoms with Crippen LogP contribution in [0.15, 0.2) is 0 Å². The summed E-state index contributed by atoms with van der Waals surface area (Å²) in [7, 11) is 0. The number of hydrogen-bond acceptors (Lipinski definition) is 3. The Morgan fingerprint density at radius 3 is 2.43 bits per heavy atom. The summed E-state index contributed by atoms with van der Waals surface area (Å²) in [6.07, 6.45) is 1.20. The molecule has 7 heavy (non-hydrogen) atoms. The van der Waals surface area contributed by atoms with E-state index in [2.05, 4.69) is 25.3 Å². The molecule has 0 radical (unpaired) electrons. The molecule has 0 saturated heterocycles. The van der Waals surface area contributed by atoms with Crippen LogP contribution in [0.1, 0.15) is 6.42 Å². The topological polar surface area (TPSA) is 0 Å². The van der Waals surface area contributed by atoms with E-state index < -0.39 is 0 Å². The summed E-state index contributed by atoms with van der Waals surface area (Å²) in [4.78, 5) is 0. The third-order valence-electron chi connectivity index (χ3n) is 0.538. The first-order valence-electron chi connectivity index (χ1n) is 2.21. The van der Waals surface area contributed by atoms with Gasteiger partial charge in [0.1, 0.15) is 0 Å². The van der Waals surface area contributed by atoms with Crippen molar-refractivity contribution in [3.8, 4) is 0 Å².